The molecule has 0 fully saturated rings. The van der Waals surface area contributed by atoms with Crippen molar-refractivity contribution in [1.29, 1.82) is 0 Å². The Balaban J connectivity index is 2.41. The van der Waals surface area contributed by atoms with Crippen molar-refractivity contribution in [3.05, 3.63) is 42.9 Å². The van der Waals surface area contributed by atoms with Crippen LogP contribution in [-0.2, 0) is 9.05 Å². The normalized spacial score (nSPS) is 11.3. The Kier molecular flexibility index (Phi) is 2.89. The Morgan fingerprint density at radius 1 is 1.12 bits per heavy atom. The fourth-order valence-electron chi connectivity index (χ4n) is 1.21. The molecule has 2 rings (SSSR count). The summed E-state index contributed by atoms with van der Waals surface area (Å²) in [7, 11) is 1.47. The minimum absolute atomic E-state index is 0.0122. The minimum atomic E-state index is -3.71. The molecular formula is C10H7ClN2O2S. The molecule has 2 aromatic rings. The zero-order valence-corrected chi connectivity index (χ0v) is 9.61. The second-order valence-electron chi connectivity index (χ2n) is 3.06. The maximum atomic E-state index is 11.0. The van der Waals surface area contributed by atoms with Gasteiger partial charge in [0.15, 0.2) is 0 Å². The highest BCUT2D eigenvalue weighted by Gasteiger charge is 2.10. The zero-order chi connectivity index (χ0) is 11.6. The first-order valence-corrected chi connectivity index (χ1v) is 6.69. The van der Waals surface area contributed by atoms with Crippen LogP contribution >= 0.6 is 10.7 Å². The molecule has 0 bridgehead atoms. The van der Waals surface area contributed by atoms with E-state index in [1.165, 1.54) is 12.3 Å². The van der Waals surface area contributed by atoms with Crippen LogP contribution in [0.25, 0.3) is 11.3 Å². The Labute approximate surface area is 97.4 Å². The maximum absolute atomic E-state index is 11.0. The molecule has 0 saturated carbocycles. The van der Waals surface area contributed by atoms with E-state index in [4.69, 9.17) is 10.7 Å². The van der Waals surface area contributed by atoms with Crippen LogP contribution in [-0.4, -0.2) is 18.4 Å². The fourth-order valence-corrected chi connectivity index (χ4v) is 1.89. The maximum Gasteiger partial charge on any atom is 0.262 e. The molecule has 0 N–H and O–H groups in total. The number of nitrogens with zero attached hydrogens (tertiary/aromatic N) is 2. The van der Waals surface area contributed by atoms with Crippen molar-refractivity contribution in [2.45, 2.75) is 4.90 Å². The molecule has 6 heteroatoms. The van der Waals surface area contributed by atoms with Gasteiger partial charge in [-0.25, -0.2) is 8.42 Å². The summed E-state index contributed by atoms with van der Waals surface area (Å²) in [6.07, 6.45) is 4.53. The van der Waals surface area contributed by atoms with Gasteiger partial charge in [-0.1, -0.05) is 0 Å². The van der Waals surface area contributed by atoms with Crippen LogP contribution in [0.5, 0.6) is 0 Å². The number of halogens is 1. The van der Waals surface area contributed by atoms with Gasteiger partial charge in [0, 0.05) is 34.8 Å². The molecule has 0 spiro atoms. The van der Waals surface area contributed by atoms with E-state index >= 15 is 0 Å². The van der Waals surface area contributed by atoms with E-state index in [0.29, 0.717) is 5.69 Å². The summed E-state index contributed by atoms with van der Waals surface area (Å²) in [5.41, 5.74) is 1.47. The largest absolute Gasteiger partial charge is 0.264 e. The van der Waals surface area contributed by atoms with E-state index in [0.717, 1.165) is 5.56 Å². The van der Waals surface area contributed by atoms with Gasteiger partial charge in [-0.15, -0.1) is 0 Å². The lowest BCUT2D eigenvalue weighted by Crippen LogP contribution is -1.92. The summed E-state index contributed by atoms with van der Waals surface area (Å²) in [6, 6.07) is 6.62. The average molecular weight is 255 g/mol. The smallest absolute Gasteiger partial charge is 0.262 e. The van der Waals surface area contributed by atoms with Gasteiger partial charge in [-0.05, 0) is 24.3 Å². The molecule has 0 aliphatic rings. The highest BCUT2D eigenvalue weighted by Crippen LogP contribution is 2.19. The predicted octanol–water partition coefficient (Wildman–Crippen LogP) is 2.07. The molecule has 0 saturated heterocycles. The van der Waals surface area contributed by atoms with E-state index < -0.39 is 9.05 Å². The van der Waals surface area contributed by atoms with Crippen molar-refractivity contribution in [1.82, 2.24) is 9.97 Å². The second-order valence-corrected chi connectivity index (χ2v) is 5.62. The first kappa shape index (κ1) is 11.0. The molecule has 16 heavy (non-hydrogen) atoms. The van der Waals surface area contributed by atoms with Gasteiger partial charge in [-0.2, -0.15) is 0 Å². The van der Waals surface area contributed by atoms with Gasteiger partial charge in [0.05, 0.1) is 5.69 Å². The molecule has 2 aromatic heterocycles. The molecule has 0 aliphatic carbocycles. The molecule has 2 heterocycles. The highest BCUT2D eigenvalue weighted by atomic mass is 35.7. The summed E-state index contributed by atoms with van der Waals surface area (Å²) in [5.74, 6) is 0. The number of hydrogen-bond donors (Lipinski definition) is 0. The molecule has 0 amide bonds. The number of hydrogen-bond acceptors (Lipinski definition) is 4. The Morgan fingerprint density at radius 3 is 2.44 bits per heavy atom. The summed E-state index contributed by atoms with van der Waals surface area (Å²) in [6.45, 7) is 0. The van der Waals surface area contributed by atoms with Crippen LogP contribution in [0.15, 0.2) is 47.8 Å². The van der Waals surface area contributed by atoms with E-state index in [9.17, 15) is 8.42 Å². The van der Waals surface area contributed by atoms with Crippen LogP contribution < -0.4 is 0 Å². The van der Waals surface area contributed by atoms with Gasteiger partial charge < -0.3 is 0 Å². The van der Waals surface area contributed by atoms with Crippen molar-refractivity contribution >= 4 is 19.7 Å². The standard InChI is InChI=1S/C10H7ClN2O2S/c11-16(14,15)9-3-4-10(13-7-9)8-2-1-5-12-6-8/h1-7H. The first-order chi connectivity index (χ1) is 7.57. The Bertz CT molecular complexity index is 582. The van der Waals surface area contributed by atoms with Crippen molar-refractivity contribution in [2.75, 3.05) is 0 Å². The van der Waals surface area contributed by atoms with Gasteiger partial charge in [0.25, 0.3) is 9.05 Å². The van der Waals surface area contributed by atoms with Gasteiger partial charge in [0.2, 0.25) is 0 Å². The molecule has 0 aromatic carbocycles. The molecule has 0 unspecified atom stereocenters. The summed E-state index contributed by atoms with van der Waals surface area (Å²) in [4.78, 5) is 7.95. The number of aromatic nitrogens is 2. The van der Waals surface area contributed by atoms with Crippen LogP contribution in [0, 0.1) is 0 Å². The van der Waals surface area contributed by atoms with Crippen LogP contribution in [0.2, 0.25) is 0 Å². The highest BCUT2D eigenvalue weighted by molar-refractivity contribution is 8.13. The van der Waals surface area contributed by atoms with Crippen molar-refractivity contribution in [3.63, 3.8) is 0 Å². The lowest BCUT2D eigenvalue weighted by atomic mass is 10.2. The molecule has 4 nitrogen and oxygen atoms in total. The average Bonchev–Trinajstić information content (AvgIpc) is 2.29. The molecule has 0 aliphatic heterocycles. The van der Waals surface area contributed by atoms with E-state index in [2.05, 4.69) is 9.97 Å². The van der Waals surface area contributed by atoms with Crippen molar-refractivity contribution in [3.8, 4) is 11.3 Å². The predicted molar refractivity (Wildman–Crippen MR) is 60.5 cm³/mol. The summed E-state index contributed by atoms with van der Waals surface area (Å²) < 4.78 is 22.0. The summed E-state index contributed by atoms with van der Waals surface area (Å²) in [5, 5.41) is 0. The third-order valence-electron chi connectivity index (χ3n) is 1.98. The first-order valence-electron chi connectivity index (χ1n) is 4.38. The number of rotatable bonds is 2. The van der Waals surface area contributed by atoms with Crippen molar-refractivity contribution < 1.29 is 8.42 Å². The lowest BCUT2D eigenvalue weighted by molar-refractivity contribution is 0.609. The minimum Gasteiger partial charge on any atom is -0.264 e. The molecule has 0 atom stereocenters. The van der Waals surface area contributed by atoms with Gasteiger partial charge in [-0.3, -0.25) is 9.97 Å². The zero-order valence-electron chi connectivity index (χ0n) is 8.04. The van der Waals surface area contributed by atoms with Crippen LogP contribution in [0.1, 0.15) is 0 Å². The third kappa shape index (κ3) is 2.37. The van der Waals surface area contributed by atoms with Gasteiger partial charge >= 0.3 is 0 Å². The SMILES string of the molecule is O=S(=O)(Cl)c1ccc(-c2cccnc2)nc1. The van der Waals surface area contributed by atoms with E-state index in [1.807, 2.05) is 6.07 Å². The fraction of sp³-hybridized carbons (Fsp3) is 0. The quantitative estimate of drug-likeness (QED) is 0.770. The monoisotopic (exact) mass is 254 g/mol. The lowest BCUT2D eigenvalue weighted by Gasteiger charge is -2.00. The van der Waals surface area contributed by atoms with E-state index in [1.54, 1.807) is 24.5 Å². The Morgan fingerprint density at radius 2 is 1.94 bits per heavy atom. The summed E-state index contributed by atoms with van der Waals surface area (Å²) >= 11 is 0. The van der Waals surface area contributed by atoms with E-state index in [-0.39, 0.29) is 4.90 Å². The second kappa shape index (κ2) is 4.19. The molecule has 82 valence electrons. The van der Waals surface area contributed by atoms with Crippen LogP contribution in [0.4, 0.5) is 0 Å². The molecular weight excluding hydrogens is 248 g/mol. The van der Waals surface area contributed by atoms with Crippen molar-refractivity contribution in [2.24, 2.45) is 0 Å². The van der Waals surface area contributed by atoms with Crippen LogP contribution in [0.3, 0.4) is 0 Å². The topological polar surface area (TPSA) is 59.9 Å². The van der Waals surface area contributed by atoms with Gasteiger partial charge in [0.1, 0.15) is 4.90 Å². The third-order valence-corrected chi connectivity index (χ3v) is 3.31. The molecule has 0 radical (unpaired) electrons. The Hall–Kier alpha value is -1.46. The number of pyridine rings is 2.